The highest BCUT2D eigenvalue weighted by Crippen LogP contribution is 2.23. The van der Waals surface area contributed by atoms with Crippen LogP contribution in [0.15, 0.2) is 24.3 Å². The van der Waals surface area contributed by atoms with Crippen LogP contribution in [0.4, 0.5) is 10.1 Å². The SMILES string of the molecule is CCCNC(CN(CC)c1ccc(F)cc1)C(C)(C)C. The first-order valence-corrected chi connectivity index (χ1v) is 7.62. The molecule has 1 aromatic carbocycles. The van der Waals surface area contributed by atoms with E-state index in [0.29, 0.717) is 6.04 Å². The van der Waals surface area contributed by atoms with Gasteiger partial charge in [-0.05, 0) is 49.6 Å². The second-order valence-electron chi connectivity index (χ2n) is 6.39. The number of nitrogens with zero attached hydrogens (tertiary/aromatic N) is 1. The normalized spacial score (nSPS) is 13.3. The van der Waals surface area contributed by atoms with Gasteiger partial charge < -0.3 is 10.2 Å². The number of likely N-dealkylation sites (N-methyl/N-ethyl adjacent to an activating group) is 1. The molecule has 0 saturated carbocycles. The number of hydrogen-bond acceptors (Lipinski definition) is 2. The Balaban J connectivity index is 2.80. The maximum Gasteiger partial charge on any atom is 0.123 e. The molecule has 2 nitrogen and oxygen atoms in total. The number of halogens is 1. The van der Waals surface area contributed by atoms with E-state index in [9.17, 15) is 4.39 Å². The molecule has 0 saturated heterocycles. The Kier molecular flexibility index (Phi) is 6.47. The second-order valence-corrected chi connectivity index (χ2v) is 6.39. The minimum absolute atomic E-state index is 0.179. The summed E-state index contributed by atoms with van der Waals surface area (Å²) in [6.45, 7) is 14.0. The standard InChI is InChI=1S/C17H29FN2/c1-6-12-19-16(17(3,4)5)13-20(7-2)15-10-8-14(18)9-11-15/h8-11,16,19H,6-7,12-13H2,1-5H3. The quantitative estimate of drug-likeness (QED) is 0.810. The zero-order valence-corrected chi connectivity index (χ0v) is 13.5. The number of anilines is 1. The van der Waals surface area contributed by atoms with E-state index >= 15 is 0 Å². The summed E-state index contributed by atoms with van der Waals surface area (Å²) in [7, 11) is 0. The minimum atomic E-state index is -0.179. The van der Waals surface area contributed by atoms with Gasteiger partial charge in [0, 0.05) is 24.8 Å². The third-order valence-electron chi connectivity index (χ3n) is 3.66. The molecule has 0 aliphatic rings. The van der Waals surface area contributed by atoms with Gasteiger partial charge >= 0.3 is 0 Å². The number of benzene rings is 1. The van der Waals surface area contributed by atoms with Crippen LogP contribution in [0.5, 0.6) is 0 Å². The molecule has 0 bridgehead atoms. The zero-order chi connectivity index (χ0) is 15.2. The van der Waals surface area contributed by atoms with Crippen LogP contribution >= 0.6 is 0 Å². The van der Waals surface area contributed by atoms with Crippen molar-refractivity contribution >= 4 is 5.69 Å². The second kappa shape index (κ2) is 7.63. The van der Waals surface area contributed by atoms with Crippen molar-refractivity contribution < 1.29 is 4.39 Å². The van der Waals surface area contributed by atoms with E-state index in [4.69, 9.17) is 0 Å². The van der Waals surface area contributed by atoms with Gasteiger partial charge in [-0.3, -0.25) is 0 Å². The molecule has 0 aliphatic carbocycles. The summed E-state index contributed by atoms with van der Waals surface area (Å²) in [6.07, 6.45) is 1.13. The number of nitrogens with one attached hydrogen (secondary N) is 1. The monoisotopic (exact) mass is 280 g/mol. The Labute approximate surface area is 123 Å². The highest BCUT2D eigenvalue weighted by atomic mass is 19.1. The fraction of sp³-hybridized carbons (Fsp3) is 0.647. The number of rotatable bonds is 7. The summed E-state index contributed by atoms with van der Waals surface area (Å²) in [5.74, 6) is -0.179. The van der Waals surface area contributed by atoms with Crippen LogP contribution < -0.4 is 10.2 Å². The van der Waals surface area contributed by atoms with Crippen molar-refractivity contribution in [2.24, 2.45) is 5.41 Å². The largest absolute Gasteiger partial charge is 0.370 e. The van der Waals surface area contributed by atoms with Crippen LogP contribution in [-0.2, 0) is 0 Å². The molecule has 1 N–H and O–H groups in total. The molecular weight excluding hydrogens is 251 g/mol. The van der Waals surface area contributed by atoms with E-state index in [1.165, 1.54) is 12.1 Å². The molecule has 0 heterocycles. The van der Waals surface area contributed by atoms with Crippen molar-refractivity contribution in [1.82, 2.24) is 5.32 Å². The van der Waals surface area contributed by atoms with E-state index in [1.807, 2.05) is 12.1 Å². The van der Waals surface area contributed by atoms with Gasteiger partial charge in [-0.25, -0.2) is 4.39 Å². The van der Waals surface area contributed by atoms with Gasteiger partial charge in [-0.15, -0.1) is 0 Å². The molecule has 0 fully saturated rings. The van der Waals surface area contributed by atoms with Crippen LogP contribution in [0.2, 0.25) is 0 Å². The van der Waals surface area contributed by atoms with Crippen LogP contribution in [-0.4, -0.2) is 25.7 Å². The van der Waals surface area contributed by atoms with Crippen molar-refractivity contribution in [2.75, 3.05) is 24.5 Å². The molecule has 114 valence electrons. The topological polar surface area (TPSA) is 15.3 Å². The lowest BCUT2D eigenvalue weighted by Crippen LogP contribution is -2.49. The average Bonchev–Trinajstić information content (AvgIpc) is 2.39. The molecule has 0 aliphatic heterocycles. The third kappa shape index (κ3) is 5.12. The molecule has 1 rings (SSSR count). The van der Waals surface area contributed by atoms with Gasteiger partial charge in [-0.2, -0.15) is 0 Å². The Morgan fingerprint density at radius 1 is 1.15 bits per heavy atom. The van der Waals surface area contributed by atoms with Crippen molar-refractivity contribution in [3.63, 3.8) is 0 Å². The van der Waals surface area contributed by atoms with E-state index in [0.717, 1.165) is 31.7 Å². The molecule has 0 radical (unpaired) electrons. The predicted octanol–water partition coefficient (Wildman–Crippen LogP) is 4.07. The maximum atomic E-state index is 13.0. The molecule has 0 spiro atoms. The number of hydrogen-bond donors (Lipinski definition) is 1. The van der Waals surface area contributed by atoms with Crippen molar-refractivity contribution in [3.8, 4) is 0 Å². The van der Waals surface area contributed by atoms with Gasteiger partial charge in [-0.1, -0.05) is 27.7 Å². The first-order valence-electron chi connectivity index (χ1n) is 7.62. The van der Waals surface area contributed by atoms with E-state index in [1.54, 1.807) is 0 Å². The van der Waals surface area contributed by atoms with Crippen molar-refractivity contribution in [1.29, 1.82) is 0 Å². The Hall–Kier alpha value is -1.09. The van der Waals surface area contributed by atoms with Crippen LogP contribution in [0, 0.1) is 11.2 Å². The highest BCUT2D eigenvalue weighted by Gasteiger charge is 2.25. The lowest BCUT2D eigenvalue weighted by molar-refractivity contribution is 0.270. The molecule has 3 heteroatoms. The molecule has 0 aromatic heterocycles. The summed E-state index contributed by atoms with van der Waals surface area (Å²) in [5, 5.41) is 3.64. The van der Waals surface area contributed by atoms with Crippen LogP contribution in [0.1, 0.15) is 41.0 Å². The summed E-state index contributed by atoms with van der Waals surface area (Å²) in [6, 6.07) is 7.19. The van der Waals surface area contributed by atoms with Gasteiger partial charge in [0.2, 0.25) is 0 Å². The molecule has 1 aromatic rings. The van der Waals surface area contributed by atoms with Crippen LogP contribution in [0.25, 0.3) is 0 Å². The molecule has 20 heavy (non-hydrogen) atoms. The van der Waals surface area contributed by atoms with Gasteiger partial charge in [0.1, 0.15) is 5.82 Å². The van der Waals surface area contributed by atoms with Crippen LogP contribution in [0.3, 0.4) is 0 Å². The lowest BCUT2D eigenvalue weighted by atomic mass is 9.86. The summed E-state index contributed by atoms with van der Waals surface area (Å²) < 4.78 is 13.0. The molecular formula is C17H29FN2. The Morgan fingerprint density at radius 3 is 2.20 bits per heavy atom. The third-order valence-corrected chi connectivity index (χ3v) is 3.66. The molecule has 1 unspecified atom stereocenters. The minimum Gasteiger partial charge on any atom is -0.370 e. The lowest BCUT2D eigenvalue weighted by Gasteiger charge is -2.36. The van der Waals surface area contributed by atoms with Crippen molar-refractivity contribution in [2.45, 2.75) is 47.1 Å². The first-order chi connectivity index (χ1) is 9.38. The zero-order valence-electron chi connectivity index (χ0n) is 13.5. The first kappa shape index (κ1) is 17.0. The van der Waals surface area contributed by atoms with E-state index < -0.39 is 0 Å². The summed E-state index contributed by atoms with van der Waals surface area (Å²) in [4.78, 5) is 2.30. The van der Waals surface area contributed by atoms with E-state index in [2.05, 4.69) is 44.8 Å². The van der Waals surface area contributed by atoms with Gasteiger partial charge in [0.15, 0.2) is 0 Å². The average molecular weight is 280 g/mol. The molecule has 1 atom stereocenters. The maximum absolute atomic E-state index is 13.0. The smallest absolute Gasteiger partial charge is 0.123 e. The molecule has 0 amide bonds. The fourth-order valence-corrected chi connectivity index (χ4v) is 2.25. The highest BCUT2D eigenvalue weighted by molar-refractivity contribution is 5.46. The van der Waals surface area contributed by atoms with E-state index in [-0.39, 0.29) is 11.2 Å². The van der Waals surface area contributed by atoms with Gasteiger partial charge in [0.25, 0.3) is 0 Å². The van der Waals surface area contributed by atoms with Gasteiger partial charge in [0.05, 0.1) is 0 Å². The Morgan fingerprint density at radius 2 is 1.75 bits per heavy atom. The Bertz CT molecular complexity index is 381. The fourth-order valence-electron chi connectivity index (χ4n) is 2.25. The summed E-state index contributed by atoms with van der Waals surface area (Å²) >= 11 is 0. The predicted molar refractivity (Wildman–Crippen MR) is 85.8 cm³/mol. The van der Waals surface area contributed by atoms with Crippen molar-refractivity contribution in [3.05, 3.63) is 30.1 Å². The summed E-state index contributed by atoms with van der Waals surface area (Å²) in [5.41, 5.74) is 1.28.